The average molecular weight is 375 g/mol. The van der Waals surface area contributed by atoms with Crippen molar-refractivity contribution in [3.8, 4) is 0 Å². The van der Waals surface area contributed by atoms with Crippen LogP contribution in [0.2, 0.25) is 0 Å². The number of amides is 2. The van der Waals surface area contributed by atoms with Gasteiger partial charge in [-0.2, -0.15) is 0 Å². The molecule has 5 N–H and O–H groups in total. The molecule has 1 rings (SSSR count). The van der Waals surface area contributed by atoms with E-state index in [1.54, 1.807) is 0 Å². The summed E-state index contributed by atoms with van der Waals surface area (Å²) in [4.78, 5) is 33.7. The predicted molar refractivity (Wildman–Crippen MR) is 99.6 cm³/mol. The Labute approximate surface area is 151 Å². The van der Waals surface area contributed by atoms with Crippen LogP contribution in [-0.2, 0) is 14.2 Å². The molecule has 0 aliphatic heterocycles. The van der Waals surface area contributed by atoms with Crippen molar-refractivity contribution in [2.75, 3.05) is 25.4 Å². The highest BCUT2D eigenvalue weighted by molar-refractivity contribution is 7.57. The van der Waals surface area contributed by atoms with E-state index in [4.69, 9.17) is 5.73 Å². The summed E-state index contributed by atoms with van der Waals surface area (Å²) in [6.45, 7) is 3.85. The highest BCUT2D eigenvalue weighted by Crippen LogP contribution is 2.45. The van der Waals surface area contributed by atoms with Crippen LogP contribution in [0.1, 0.15) is 52.4 Å². The molecule has 0 radical (unpaired) electrons. The lowest BCUT2D eigenvalue weighted by Gasteiger charge is -2.24. The Hall–Kier alpha value is -0.910. The van der Waals surface area contributed by atoms with Crippen LogP contribution in [0.5, 0.6) is 0 Å². The maximum atomic E-state index is 12.3. The van der Waals surface area contributed by atoms with Gasteiger partial charge in [0.2, 0.25) is 19.2 Å². The standard InChI is InChI=1S/C17H34N3O4P/c1-13(2)16(20-15(21)11-18)17(22)19-9-6-10-25(23,24)12-14-7-4-3-5-8-14/h13-14,16H,3-12,18H2,1-2H3,(H,19,22)(H,20,21)(H,23,24). The van der Waals surface area contributed by atoms with Crippen LogP contribution in [0, 0.1) is 11.8 Å². The van der Waals surface area contributed by atoms with Gasteiger partial charge in [0.25, 0.3) is 0 Å². The van der Waals surface area contributed by atoms with Gasteiger partial charge in [-0.25, -0.2) is 0 Å². The molecule has 1 aliphatic rings. The molecular formula is C17H34N3O4P. The van der Waals surface area contributed by atoms with E-state index in [1.165, 1.54) is 6.42 Å². The van der Waals surface area contributed by atoms with Crippen molar-refractivity contribution in [1.29, 1.82) is 0 Å². The third-order valence-corrected chi connectivity index (χ3v) is 6.80. The lowest BCUT2D eigenvalue weighted by molar-refractivity contribution is -0.129. The summed E-state index contributed by atoms with van der Waals surface area (Å²) in [6, 6.07) is -0.640. The zero-order valence-electron chi connectivity index (χ0n) is 15.5. The zero-order chi connectivity index (χ0) is 18.9. The quantitative estimate of drug-likeness (QED) is 0.340. The van der Waals surface area contributed by atoms with E-state index in [-0.39, 0.29) is 30.4 Å². The van der Waals surface area contributed by atoms with E-state index in [2.05, 4.69) is 10.6 Å². The summed E-state index contributed by atoms with van der Waals surface area (Å²) in [7, 11) is -3.13. The van der Waals surface area contributed by atoms with Crippen molar-refractivity contribution in [3.63, 3.8) is 0 Å². The monoisotopic (exact) mass is 375 g/mol. The molecule has 0 aromatic heterocycles. The first-order valence-electron chi connectivity index (χ1n) is 9.33. The SMILES string of the molecule is CC(C)C(NC(=O)CN)C(=O)NCCCP(=O)(O)CC1CCCCC1. The van der Waals surface area contributed by atoms with Gasteiger partial charge in [0.1, 0.15) is 6.04 Å². The predicted octanol–water partition coefficient (Wildman–Crippen LogP) is 1.44. The Bertz CT molecular complexity index is 479. The van der Waals surface area contributed by atoms with Gasteiger partial charge in [0, 0.05) is 18.9 Å². The normalized spacial score (nSPS) is 19.2. The van der Waals surface area contributed by atoms with Gasteiger partial charge in [-0.05, 0) is 31.1 Å². The molecule has 8 heteroatoms. The molecule has 0 heterocycles. The second kappa shape index (κ2) is 10.9. The first-order chi connectivity index (χ1) is 11.7. The van der Waals surface area contributed by atoms with Crippen molar-refractivity contribution in [2.24, 2.45) is 17.6 Å². The maximum absolute atomic E-state index is 12.3. The Morgan fingerprint density at radius 2 is 1.88 bits per heavy atom. The fraction of sp³-hybridized carbons (Fsp3) is 0.882. The largest absolute Gasteiger partial charge is 0.354 e. The lowest BCUT2D eigenvalue weighted by Crippen LogP contribution is -2.51. The number of carbonyl (C=O) groups is 2. The molecule has 2 amide bonds. The minimum absolute atomic E-state index is 0.0641. The Morgan fingerprint density at radius 1 is 1.24 bits per heavy atom. The molecule has 7 nitrogen and oxygen atoms in total. The van der Waals surface area contributed by atoms with Crippen molar-refractivity contribution in [1.82, 2.24) is 10.6 Å². The van der Waals surface area contributed by atoms with Crippen LogP contribution >= 0.6 is 7.37 Å². The number of carbonyl (C=O) groups excluding carboxylic acids is 2. The number of hydrogen-bond donors (Lipinski definition) is 4. The van der Waals surface area contributed by atoms with Crippen molar-refractivity contribution in [3.05, 3.63) is 0 Å². The molecular weight excluding hydrogens is 341 g/mol. The van der Waals surface area contributed by atoms with E-state index in [0.717, 1.165) is 25.7 Å². The molecule has 2 unspecified atom stereocenters. The van der Waals surface area contributed by atoms with E-state index in [9.17, 15) is 19.0 Å². The highest BCUT2D eigenvalue weighted by atomic mass is 31.2. The molecule has 0 aromatic rings. The molecule has 1 saturated carbocycles. The summed E-state index contributed by atoms with van der Waals surface area (Å²) < 4.78 is 12.3. The molecule has 0 bridgehead atoms. The molecule has 146 valence electrons. The van der Waals surface area contributed by atoms with Crippen LogP contribution in [0.25, 0.3) is 0 Å². The van der Waals surface area contributed by atoms with E-state index in [1.807, 2.05) is 13.8 Å². The number of rotatable bonds is 10. The Kier molecular flexibility index (Phi) is 9.69. The first-order valence-corrected chi connectivity index (χ1v) is 11.4. The van der Waals surface area contributed by atoms with Gasteiger partial charge in [-0.1, -0.05) is 33.1 Å². The molecule has 0 saturated heterocycles. The molecule has 1 fully saturated rings. The highest BCUT2D eigenvalue weighted by Gasteiger charge is 2.26. The van der Waals surface area contributed by atoms with Crippen LogP contribution < -0.4 is 16.4 Å². The number of hydrogen-bond acceptors (Lipinski definition) is 4. The smallest absolute Gasteiger partial charge is 0.242 e. The maximum Gasteiger partial charge on any atom is 0.242 e. The molecule has 2 atom stereocenters. The summed E-state index contributed by atoms with van der Waals surface area (Å²) in [5.41, 5.74) is 5.26. The second-order valence-electron chi connectivity index (χ2n) is 7.39. The van der Waals surface area contributed by atoms with Crippen LogP contribution in [-0.4, -0.2) is 48.2 Å². The first kappa shape index (κ1) is 22.1. The van der Waals surface area contributed by atoms with Gasteiger partial charge in [0.15, 0.2) is 0 Å². The van der Waals surface area contributed by atoms with Crippen molar-refractivity contribution < 1.29 is 19.0 Å². The minimum atomic E-state index is -3.13. The average Bonchev–Trinajstić information content (AvgIpc) is 2.56. The van der Waals surface area contributed by atoms with Crippen molar-refractivity contribution in [2.45, 2.75) is 58.4 Å². The second-order valence-corrected chi connectivity index (χ2v) is 9.90. The molecule has 1 aliphatic carbocycles. The molecule has 0 spiro atoms. The summed E-state index contributed by atoms with van der Waals surface area (Å²) in [6.07, 6.45) is 6.75. The van der Waals surface area contributed by atoms with E-state index in [0.29, 0.717) is 25.0 Å². The van der Waals surface area contributed by atoms with E-state index >= 15 is 0 Å². The Balaban J connectivity index is 2.33. The van der Waals surface area contributed by atoms with Gasteiger partial charge in [-0.3, -0.25) is 14.2 Å². The summed E-state index contributed by atoms with van der Waals surface area (Å²) in [5, 5.41) is 5.34. The van der Waals surface area contributed by atoms with Crippen LogP contribution in [0.3, 0.4) is 0 Å². The third kappa shape index (κ3) is 8.84. The number of nitrogens with one attached hydrogen (secondary N) is 2. The molecule has 0 aromatic carbocycles. The Morgan fingerprint density at radius 3 is 2.44 bits per heavy atom. The van der Waals surface area contributed by atoms with Gasteiger partial charge in [-0.15, -0.1) is 0 Å². The van der Waals surface area contributed by atoms with Crippen LogP contribution in [0.4, 0.5) is 0 Å². The summed E-state index contributed by atoms with van der Waals surface area (Å²) >= 11 is 0. The number of nitrogens with two attached hydrogens (primary N) is 1. The molecule has 25 heavy (non-hydrogen) atoms. The van der Waals surface area contributed by atoms with Gasteiger partial charge < -0.3 is 21.3 Å². The van der Waals surface area contributed by atoms with E-state index < -0.39 is 13.4 Å². The van der Waals surface area contributed by atoms with Gasteiger partial charge in [0.05, 0.1) is 6.54 Å². The third-order valence-electron chi connectivity index (χ3n) is 4.70. The topological polar surface area (TPSA) is 122 Å². The summed E-state index contributed by atoms with van der Waals surface area (Å²) in [5.74, 6) is -0.347. The van der Waals surface area contributed by atoms with Crippen LogP contribution in [0.15, 0.2) is 0 Å². The van der Waals surface area contributed by atoms with Crippen molar-refractivity contribution >= 4 is 19.2 Å². The minimum Gasteiger partial charge on any atom is -0.354 e. The van der Waals surface area contributed by atoms with Gasteiger partial charge >= 0.3 is 0 Å². The fourth-order valence-corrected chi connectivity index (χ4v) is 5.29. The zero-order valence-corrected chi connectivity index (χ0v) is 16.4. The lowest BCUT2D eigenvalue weighted by atomic mass is 9.91. The fourth-order valence-electron chi connectivity index (χ4n) is 3.28.